The molecule has 34 heavy (non-hydrogen) atoms. The average Bonchev–Trinajstić information content (AvgIpc) is 3.16. The number of rotatable bonds is 8. The predicted octanol–water partition coefficient (Wildman–Crippen LogP) is 5.03. The van der Waals surface area contributed by atoms with E-state index in [0.29, 0.717) is 12.8 Å². The molecule has 0 aromatic heterocycles. The molecule has 1 aliphatic rings. The first kappa shape index (κ1) is 23.0. The Morgan fingerprint density at radius 1 is 0.912 bits per heavy atom. The first-order chi connectivity index (χ1) is 16.5. The highest BCUT2D eigenvalue weighted by Crippen LogP contribution is 2.44. The summed E-state index contributed by atoms with van der Waals surface area (Å²) in [5.41, 5.74) is 4.62. The molecule has 0 aliphatic heterocycles. The number of hydrogen-bond donors (Lipinski definition) is 3. The van der Waals surface area contributed by atoms with E-state index in [-0.39, 0.29) is 23.8 Å². The minimum atomic E-state index is -1.15. The van der Waals surface area contributed by atoms with Crippen LogP contribution in [0, 0.1) is 0 Å². The van der Waals surface area contributed by atoms with Gasteiger partial charge in [0.15, 0.2) is 0 Å². The molecule has 0 fully saturated rings. The molecule has 7 heteroatoms. The van der Waals surface area contributed by atoms with Crippen molar-refractivity contribution in [2.45, 2.75) is 31.7 Å². The van der Waals surface area contributed by atoms with Crippen LogP contribution in [0.4, 0.5) is 10.5 Å². The zero-order valence-corrected chi connectivity index (χ0v) is 18.8. The lowest BCUT2D eigenvalue weighted by Crippen LogP contribution is -2.44. The van der Waals surface area contributed by atoms with Crippen LogP contribution in [0.5, 0.6) is 0 Å². The lowest BCUT2D eigenvalue weighted by molar-refractivity contribution is -0.118. The molecule has 3 aromatic carbocycles. The highest BCUT2D eigenvalue weighted by Gasteiger charge is 2.30. The maximum Gasteiger partial charge on any atom is 0.407 e. The van der Waals surface area contributed by atoms with E-state index < -0.39 is 24.0 Å². The molecule has 174 valence electrons. The molecule has 0 bridgehead atoms. The number of carbonyl (C=O) groups excluding carboxylic acids is 2. The summed E-state index contributed by atoms with van der Waals surface area (Å²) in [6.45, 7) is 2.03. The van der Waals surface area contributed by atoms with Crippen LogP contribution in [-0.4, -0.2) is 35.7 Å². The number of carbonyl (C=O) groups is 3. The normalized spacial score (nSPS) is 12.9. The number of para-hydroxylation sites is 1. The quantitative estimate of drug-likeness (QED) is 0.439. The molecule has 2 amide bonds. The van der Waals surface area contributed by atoms with Gasteiger partial charge in [0.1, 0.15) is 12.6 Å². The predicted molar refractivity (Wildman–Crippen MR) is 129 cm³/mol. The van der Waals surface area contributed by atoms with E-state index in [1.807, 2.05) is 43.3 Å². The van der Waals surface area contributed by atoms with Gasteiger partial charge in [0.2, 0.25) is 5.91 Å². The Balaban J connectivity index is 1.42. The number of nitrogens with one attached hydrogen (secondary N) is 2. The van der Waals surface area contributed by atoms with E-state index >= 15 is 0 Å². The van der Waals surface area contributed by atoms with E-state index in [1.165, 1.54) is 12.1 Å². The smallest absolute Gasteiger partial charge is 0.407 e. The van der Waals surface area contributed by atoms with Crippen molar-refractivity contribution < 1.29 is 24.2 Å². The molecule has 3 aromatic rings. The molecule has 1 unspecified atom stereocenters. The van der Waals surface area contributed by atoms with E-state index in [9.17, 15) is 19.5 Å². The van der Waals surface area contributed by atoms with Crippen molar-refractivity contribution in [2.24, 2.45) is 0 Å². The van der Waals surface area contributed by atoms with Gasteiger partial charge in [-0.3, -0.25) is 4.79 Å². The Kier molecular flexibility index (Phi) is 6.92. The van der Waals surface area contributed by atoms with E-state index in [0.717, 1.165) is 22.3 Å². The summed E-state index contributed by atoms with van der Waals surface area (Å²) in [4.78, 5) is 36.9. The summed E-state index contributed by atoms with van der Waals surface area (Å²) in [7, 11) is 0. The van der Waals surface area contributed by atoms with Gasteiger partial charge in [0.05, 0.1) is 11.3 Å². The second kappa shape index (κ2) is 10.2. The van der Waals surface area contributed by atoms with Crippen molar-refractivity contribution in [1.29, 1.82) is 0 Å². The zero-order chi connectivity index (χ0) is 24.1. The van der Waals surface area contributed by atoms with Gasteiger partial charge in [-0.2, -0.15) is 0 Å². The first-order valence-corrected chi connectivity index (χ1v) is 11.2. The van der Waals surface area contributed by atoms with Crippen molar-refractivity contribution in [3.05, 3.63) is 89.5 Å². The number of alkyl carbamates (subject to hydrolysis) is 1. The fourth-order valence-electron chi connectivity index (χ4n) is 4.34. The topological polar surface area (TPSA) is 105 Å². The van der Waals surface area contributed by atoms with Gasteiger partial charge in [-0.25, -0.2) is 9.59 Å². The van der Waals surface area contributed by atoms with Crippen LogP contribution < -0.4 is 10.6 Å². The third-order valence-corrected chi connectivity index (χ3v) is 5.94. The fourth-order valence-corrected chi connectivity index (χ4v) is 4.34. The number of ether oxygens (including phenoxy) is 1. The Morgan fingerprint density at radius 3 is 2.12 bits per heavy atom. The van der Waals surface area contributed by atoms with Gasteiger partial charge >= 0.3 is 12.1 Å². The number of hydrogen-bond acceptors (Lipinski definition) is 4. The molecule has 7 nitrogen and oxygen atoms in total. The monoisotopic (exact) mass is 458 g/mol. The SMILES string of the molecule is CCCC(NC(=O)OCC1c2ccccc2-c2ccccc21)C(=O)Nc1ccccc1C(=O)O. The second-order valence-corrected chi connectivity index (χ2v) is 8.15. The largest absolute Gasteiger partial charge is 0.478 e. The summed E-state index contributed by atoms with van der Waals surface area (Å²) < 4.78 is 5.55. The first-order valence-electron chi connectivity index (χ1n) is 11.2. The van der Waals surface area contributed by atoms with Gasteiger partial charge in [-0.1, -0.05) is 74.0 Å². The van der Waals surface area contributed by atoms with E-state index in [1.54, 1.807) is 12.1 Å². The average molecular weight is 459 g/mol. The fraction of sp³-hybridized carbons (Fsp3) is 0.222. The highest BCUT2D eigenvalue weighted by atomic mass is 16.5. The van der Waals surface area contributed by atoms with Crippen molar-refractivity contribution >= 4 is 23.7 Å². The minimum Gasteiger partial charge on any atom is -0.478 e. The minimum absolute atomic E-state index is 0.0211. The molecule has 0 spiro atoms. The van der Waals surface area contributed by atoms with Gasteiger partial charge in [-0.05, 0) is 40.8 Å². The number of aromatic carboxylic acids is 1. The lowest BCUT2D eigenvalue weighted by atomic mass is 9.98. The van der Waals surface area contributed by atoms with Crippen LogP contribution in [0.2, 0.25) is 0 Å². The van der Waals surface area contributed by atoms with Gasteiger partial charge < -0.3 is 20.5 Å². The second-order valence-electron chi connectivity index (χ2n) is 8.15. The molecule has 4 rings (SSSR count). The molecule has 1 atom stereocenters. The Bertz CT molecular complexity index is 1180. The molecule has 0 saturated heterocycles. The third-order valence-electron chi connectivity index (χ3n) is 5.94. The molecule has 3 N–H and O–H groups in total. The lowest BCUT2D eigenvalue weighted by Gasteiger charge is -2.20. The van der Waals surface area contributed by atoms with Crippen LogP contribution in [0.15, 0.2) is 72.8 Å². The molecular weight excluding hydrogens is 432 g/mol. The maximum absolute atomic E-state index is 12.8. The summed E-state index contributed by atoms with van der Waals surface area (Å²) in [6, 6.07) is 21.4. The number of benzene rings is 3. The molecule has 0 radical (unpaired) electrons. The number of amides is 2. The van der Waals surface area contributed by atoms with Crippen molar-refractivity contribution in [1.82, 2.24) is 5.32 Å². The van der Waals surface area contributed by atoms with Crippen LogP contribution in [0.25, 0.3) is 11.1 Å². The van der Waals surface area contributed by atoms with E-state index in [4.69, 9.17) is 4.74 Å². The molecule has 1 aliphatic carbocycles. The Labute approximate surface area is 197 Å². The number of fused-ring (bicyclic) bond motifs is 3. The van der Waals surface area contributed by atoms with Crippen LogP contribution in [0.1, 0.15) is 47.2 Å². The van der Waals surface area contributed by atoms with Crippen LogP contribution in [-0.2, 0) is 9.53 Å². The van der Waals surface area contributed by atoms with Crippen LogP contribution in [0.3, 0.4) is 0 Å². The van der Waals surface area contributed by atoms with E-state index in [2.05, 4.69) is 22.8 Å². The van der Waals surface area contributed by atoms with Gasteiger partial charge in [0, 0.05) is 5.92 Å². The Hall–Kier alpha value is -4.13. The summed E-state index contributed by atoms with van der Waals surface area (Å²) in [6.07, 6.45) is 0.329. The van der Waals surface area contributed by atoms with Crippen molar-refractivity contribution in [3.63, 3.8) is 0 Å². The Morgan fingerprint density at radius 2 is 1.50 bits per heavy atom. The highest BCUT2D eigenvalue weighted by molar-refractivity contribution is 6.02. The molecular formula is C27H26N2O5. The van der Waals surface area contributed by atoms with Crippen LogP contribution >= 0.6 is 0 Å². The van der Waals surface area contributed by atoms with Gasteiger partial charge in [0.25, 0.3) is 0 Å². The number of carboxylic acid groups (broad SMARTS) is 1. The summed E-state index contributed by atoms with van der Waals surface area (Å²) in [5.74, 6) is -1.73. The molecule has 0 heterocycles. The summed E-state index contributed by atoms with van der Waals surface area (Å²) >= 11 is 0. The summed E-state index contributed by atoms with van der Waals surface area (Å²) in [5, 5.41) is 14.6. The molecule has 0 saturated carbocycles. The zero-order valence-electron chi connectivity index (χ0n) is 18.8. The van der Waals surface area contributed by atoms with Crippen molar-refractivity contribution in [2.75, 3.05) is 11.9 Å². The van der Waals surface area contributed by atoms with Gasteiger partial charge in [-0.15, -0.1) is 0 Å². The third kappa shape index (κ3) is 4.78. The van der Waals surface area contributed by atoms with Crippen molar-refractivity contribution in [3.8, 4) is 11.1 Å². The maximum atomic E-state index is 12.8. The standard InChI is InChI=1S/C27H26N2O5/c1-2-9-24(25(30)28-23-15-8-7-14-21(23)26(31)32)29-27(33)34-16-22-19-12-5-3-10-17(19)18-11-4-6-13-20(18)22/h3-8,10-15,22,24H,2,9,16H2,1H3,(H,28,30)(H,29,33)(H,31,32). The number of carboxylic acids is 1. The number of anilines is 1.